The predicted molar refractivity (Wildman–Crippen MR) is 122 cm³/mol. The zero-order valence-corrected chi connectivity index (χ0v) is 20.0. The topological polar surface area (TPSA) is 104 Å². The van der Waals surface area contributed by atoms with Gasteiger partial charge in [-0.05, 0) is 66.9 Å². The lowest BCUT2D eigenvalue weighted by atomic mass is 9.59. The normalized spacial score (nSPS) is 47.5. The molecule has 0 aromatic carbocycles. The second kappa shape index (κ2) is 7.37. The highest BCUT2D eigenvalue weighted by molar-refractivity contribution is 5.95. The lowest BCUT2D eigenvalue weighted by Gasteiger charge is -2.49. The van der Waals surface area contributed by atoms with Gasteiger partial charge >= 0.3 is 5.97 Å². The summed E-state index contributed by atoms with van der Waals surface area (Å²) >= 11 is 0. The van der Waals surface area contributed by atoms with Crippen LogP contribution in [0.5, 0.6) is 0 Å². The van der Waals surface area contributed by atoms with E-state index < -0.39 is 41.7 Å². The molecule has 2 bridgehead atoms. The van der Waals surface area contributed by atoms with E-state index in [1.54, 1.807) is 19.1 Å². The van der Waals surface area contributed by atoms with E-state index in [4.69, 9.17) is 4.74 Å². The maximum atomic E-state index is 14.3. The third-order valence-corrected chi connectivity index (χ3v) is 9.73. The fourth-order valence-electron chi connectivity index (χ4n) is 7.81. The van der Waals surface area contributed by atoms with E-state index in [9.17, 15) is 24.9 Å². The zero-order valence-electron chi connectivity index (χ0n) is 20.0. The van der Waals surface area contributed by atoms with Crippen molar-refractivity contribution in [2.24, 2.45) is 40.4 Å². The van der Waals surface area contributed by atoms with Gasteiger partial charge in [0.2, 0.25) is 0 Å². The summed E-state index contributed by atoms with van der Waals surface area (Å²) in [6.07, 6.45) is 7.61. The number of carbonyl (C=O) groups is 2. The summed E-state index contributed by atoms with van der Waals surface area (Å²) in [5, 5.41) is 34.0. The summed E-state index contributed by atoms with van der Waals surface area (Å²) in [6, 6.07) is 0. The van der Waals surface area contributed by atoms with Gasteiger partial charge < -0.3 is 20.1 Å². The smallest absolute Gasteiger partial charge is 0.309 e. The van der Waals surface area contributed by atoms with Crippen LogP contribution in [0.15, 0.2) is 35.5 Å². The first-order chi connectivity index (χ1) is 15.5. The molecule has 5 aliphatic rings. The molecule has 5 rings (SSSR count). The Labute approximate surface area is 195 Å². The molecule has 33 heavy (non-hydrogen) atoms. The number of aliphatic hydroxyl groups excluding tert-OH is 2. The highest BCUT2D eigenvalue weighted by Gasteiger charge is 2.76. The molecule has 0 radical (unpaired) electrons. The molecular formula is C27H36O6. The van der Waals surface area contributed by atoms with Gasteiger partial charge in [-0.2, -0.15) is 0 Å². The van der Waals surface area contributed by atoms with Gasteiger partial charge in [-0.3, -0.25) is 9.59 Å². The quantitative estimate of drug-likeness (QED) is 0.446. The first-order valence-electron chi connectivity index (χ1n) is 12.3. The van der Waals surface area contributed by atoms with Crippen molar-refractivity contribution in [2.45, 2.75) is 71.2 Å². The molecule has 2 fully saturated rings. The molecule has 6 nitrogen and oxygen atoms in total. The molecule has 0 aromatic rings. The van der Waals surface area contributed by atoms with Gasteiger partial charge in [0.25, 0.3) is 0 Å². The number of carbonyl (C=O) groups excluding carboxylic acids is 2. The Hall–Kier alpha value is -1.76. The minimum absolute atomic E-state index is 0.0155. The number of fused-ring (bicyclic) bond motifs is 3. The third kappa shape index (κ3) is 2.83. The van der Waals surface area contributed by atoms with Crippen LogP contribution in [0.4, 0.5) is 0 Å². The van der Waals surface area contributed by atoms with Crippen LogP contribution < -0.4 is 0 Å². The molecule has 180 valence electrons. The molecule has 0 heterocycles. The molecule has 0 aliphatic heterocycles. The maximum absolute atomic E-state index is 14.3. The van der Waals surface area contributed by atoms with Crippen LogP contribution in [0, 0.1) is 40.4 Å². The average Bonchev–Trinajstić information content (AvgIpc) is 3.28. The van der Waals surface area contributed by atoms with E-state index in [0.717, 1.165) is 12.8 Å². The van der Waals surface area contributed by atoms with Crippen molar-refractivity contribution in [1.82, 2.24) is 0 Å². The van der Waals surface area contributed by atoms with Crippen LogP contribution in [0.3, 0.4) is 0 Å². The van der Waals surface area contributed by atoms with Crippen molar-refractivity contribution < 1.29 is 29.6 Å². The molecule has 9 atom stereocenters. The molecule has 1 unspecified atom stereocenters. The van der Waals surface area contributed by atoms with Crippen LogP contribution in [0.25, 0.3) is 0 Å². The Morgan fingerprint density at radius 2 is 2.00 bits per heavy atom. The Morgan fingerprint density at radius 1 is 1.27 bits per heavy atom. The second-order valence-electron chi connectivity index (χ2n) is 11.7. The minimum atomic E-state index is -2.06. The predicted octanol–water partition coefficient (Wildman–Crippen LogP) is 2.72. The summed E-state index contributed by atoms with van der Waals surface area (Å²) in [5.41, 5.74) is -2.63. The first-order valence-corrected chi connectivity index (χ1v) is 12.3. The van der Waals surface area contributed by atoms with Crippen LogP contribution >= 0.6 is 0 Å². The molecular weight excluding hydrogens is 420 g/mol. The highest BCUT2D eigenvalue weighted by Crippen LogP contribution is 2.71. The Kier molecular flexibility index (Phi) is 5.14. The zero-order chi connectivity index (χ0) is 23.9. The number of hydrogen-bond donors (Lipinski definition) is 3. The number of ether oxygens (including phenoxy) is 1. The van der Waals surface area contributed by atoms with Crippen molar-refractivity contribution in [3.05, 3.63) is 35.5 Å². The summed E-state index contributed by atoms with van der Waals surface area (Å²) < 4.78 is 5.94. The number of esters is 1. The van der Waals surface area contributed by atoms with E-state index in [-0.39, 0.29) is 34.5 Å². The van der Waals surface area contributed by atoms with Crippen molar-refractivity contribution >= 4 is 11.8 Å². The van der Waals surface area contributed by atoms with Crippen molar-refractivity contribution in [1.29, 1.82) is 0 Å². The van der Waals surface area contributed by atoms with E-state index in [2.05, 4.69) is 13.8 Å². The molecule has 0 aromatic heterocycles. The molecule has 0 amide bonds. The van der Waals surface area contributed by atoms with Gasteiger partial charge in [0.1, 0.15) is 6.10 Å². The van der Waals surface area contributed by atoms with Crippen LogP contribution in [0.1, 0.15) is 53.4 Å². The van der Waals surface area contributed by atoms with E-state index >= 15 is 0 Å². The van der Waals surface area contributed by atoms with Crippen LogP contribution in [-0.4, -0.2) is 51.5 Å². The van der Waals surface area contributed by atoms with Crippen LogP contribution in [-0.2, 0) is 14.3 Å². The Balaban J connectivity index is 1.61. The Bertz CT molecular complexity index is 975. The lowest BCUT2D eigenvalue weighted by molar-refractivity contribution is -0.205. The standard InChI is InChI=1S/C27H36O6/c1-14-12-26-15(2)10-19-20(25(19,3)4)18(22(26)30)11-17(13-28)21(29)27(26,32)23(14)33-24(31)16-8-6-5-7-9-16/h5-6,11-12,15-16,18-21,23,28-29,32H,7-10,13H2,1-4H3/t15-,16?,18+,19-,20+,21-,23+,26+,27+/m1/s1. The molecule has 1 spiro atoms. The number of Topliss-reactive ketones (excluding diaryl/α,β-unsaturated/α-hetero) is 1. The fourth-order valence-corrected chi connectivity index (χ4v) is 7.81. The molecule has 5 aliphatic carbocycles. The molecule has 6 heteroatoms. The van der Waals surface area contributed by atoms with Crippen molar-refractivity contribution in [2.75, 3.05) is 6.61 Å². The summed E-state index contributed by atoms with van der Waals surface area (Å²) in [7, 11) is 0. The number of aliphatic hydroxyl groups is 3. The number of allylic oxidation sites excluding steroid dienone is 3. The van der Waals surface area contributed by atoms with E-state index in [1.807, 2.05) is 19.1 Å². The van der Waals surface area contributed by atoms with Gasteiger partial charge in [0.15, 0.2) is 17.5 Å². The Morgan fingerprint density at radius 3 is 2.64 bits per heavy atom. The number of rotatable bonds is 3. The van der Waals surface area contributed by atoms with Gasteiger partial charge in [0.05, 0.1) is 17.9 Å². The first kappa shape index (κ1) is 23.0. The number of ketones is 1. The maximum Gasteiger partial charge on any atom is 0.309 e. The second-order valence-corrected chi connectivity index (χ2v) is 11.7. The minimum Gasteiger partial charge on any atom is -0.454 e. The van der Waals surface area contributed by atoms with Crippen LogP contribution in [0.2, 0.25) is 0 Å². The third-order valence-electron chi connectivity index (χ3n) is 9.73. The van der Waals surface area contributed by atoms with Crippen molar-refractivity contribution in [3.8, 4) is 0 Å². The van der Waals surface area contributed by atoms with Gasteiger partial charge in [-0.25, -0.2) is 0 Å². The lowest BCUT2D eigenvalue weighted by Crippen LogP contribution is -2.66. The van der Waals surface area contributed by atoms with Gasteiger partial charge in [0, 0.05) is 5.92 Å². The van der Waals surface area contributed by atoms with Gasteiger partial charge in [-0.15, -0.1) is 0 Å². The van der Waals surface area contributed by atoms with Gasteiger partial charge in [-0.1, -0.05) is 45.1 Å². The molecule has 2 saturated carbocycles. The van der Waals surface area contributed by atoms with E-state index in [0.29, 0.717) is 24.3 Å². The summed E-state index contributed by atoms with van der Waals surface area (Å²) in [4.78, 5) is 27.4. The summed E-state index contributed by atoms with van der Waals surface area (Å²) in [5.74, 6) is -1.18. The highest BCUT2D eigenvalue weighted by atomic mass is 16.6. The van der Waals surface area contributed by atoms with Crippen molar-refractivity contribution in [3.63, 3.8) is 0 Å². The fraction of sp³-hybridized carbons (Fsp3) is 0.704. The monoisotopic (exact) mass is 456 g/mol. The largest absolute Gasteiger partial charge is 0.454 e. The molecule has 0 saturated heterocycles. The number of hydrogen-bond acceptors (Lipinski definition) is 6. The SMILES string of the molecule is CC1=C[C@]23C(=O)[C@@H](C=C(CO)[C@@H](O)[C@]2(O)[C@H]1OC(=O)C1CC=CCC1)[C@H]1[C@@H](C[C@H]3C)C1(C)C. The summed E-state index contributed by atoms with van der Waals surface area (Å²) in [6.45, 7) is 7.59. The average molecular weight is 457 g/mol. The van der Waals surface area contributed by atoms with E-state index in [1.165, 1.54) is 0 Å². The molecule has 3 N–H and O–H groups in total.